The fraction of sp³-hybridized carbons (Fsp3) is 0.0270. The van der Waals surface area contributed by atoms with Crippen molar-refractivity contribution in [3.63, 3.8) is 0 Å². The molecule has 0 unspecified atom stereocenters. The van der Waals surface area contributed by atoms with Gasteiger partial charge in [0.05, 0.1) is 5.41 Å². The standard InChI is InChI=1S/C37H25Cl/c38-31-19-10-13-27(25-31)26-12-9-14-28(24-26)32-21-11-22-34-33-20-7-8-23-35(33)37(36(32)34,29-15-3-1-4-16-29)30-17-5-2-6-18-30/h1-25H. The van der Waals surface area contributed by atoms with Gasteiger partial charge in [-0.3, -0.25) is 0 Å². The molecule has 1 heteroatoms. The molecule has 0 aliphatic heterocycles. The summed E-state index contributed by atoms with van der Waals surface area (Å²) in [6, 6.07) is 54.5. The Balaban J connectivity index is 1.57. The Morgan fingerprint density at radius 2 is 0.921 bits per heavy atom. The SMILES string of the molecule is Clc1cccc(-c2cccc(-c3cccc4c3C(c3ccccc3)(c3ccccc3)c3ccccc3-4)c2)c1. The summed E-state index contributed by atoms with van der Waals surface area (Å²) in [7, 11) is 0. The molecule has 1 aliphatic rings. The summed E-state index contributed by atoms with van der Waals surface area (Å²) in [6.07, 6.45) is 0. The minimum Gasteiger partial charge on any atom is -0.0843 e. The van der Waals surface area contributed by atoms with Gasteiger partial charge < -0.3 is 0 Å². The van der Waals surface area contributed by atoms with Gasteiger partial charge in [-0.25, -0.2) is 0 Å². The van der Waals surface area contributed by atoms with Crippen LogP contribution in [0.25, 0.3) is 33.4 Å². The van der Waals surface area contributed by atoms with Crippen molar-refractivity contribution in [2.24, 2.45) is 0 Å². The number of halogens is 1. The molecule has 0 atom stereocenters. The van der Waals surface area contributed by atoms with Crippen molar-refractivity contribution >= 4 is 11.6 Å². The van der Waals surface area contributed by atoms with Crippen LogP contribution in [0.3, 0.4) is 0 Å². The Morgan fingerprint density at radius 1 is 0.395 bits per heavy atom. The van der Waals surface area contributed by atoms with Crippen LogP contribution in [0.1, 0.15) is 22.3 Å². The van der Waals surface area contributed by atoms with Crippen molar-refractivity contribution in [2.75, 3.05) is 0 Å². The minimum atomic E-state index is -0.433. The van der Waals surface area contributed by atoms with E-state index in [1.807, 2.05) is 18.2 Å². The molecule has 0 saturated heterocycles. The number of fused-ring (bicyclic) bond motifs is 3. The monoisotopic (exact) mass is 504 g/mol. The Hall–Kier alpha value is -4.39. The van der Waals surface area contributed by atoms with Gasteiger partial charge in [0, 0.05) is 5.02 Å². The second-order valence-electron chi connectivity index (χ2n) is 9.85. The number of hydrogen-bond acceptors (Lipinski definition) is 0. The molecule has 0 amide bonds. The molecule has 7 rings (SSSR count). The fourth-order valence-corrected chi connectivity index (χ4v) is 6.47. The van der Waals surface area contributed by atoms with E-state index in [2.05, 4.69) is 133 Å². The van der Waals surface area contributed by atoms with E-state index in [1.165, 1.54) is 44.5 Å². The molecule has 0 saturated carbocycles. The van der Waals surface area contributed by atoms with Crippen LogP contribution in [0, 0.1) is 0 Å². The third kappa shape index (κ3) is 3.45. The van der Waals surface area contributed by atoms with E-state index in [1.54, 1.807) is 0 Å². The van der Waals surface area contributed by atoms with Crippen molar-refractivity contribution in [1.82, 2.24) is 0 Å². The zero-order valence-electron chi connectivity index (χ0n) is 20.8. The third-order valence-corrected chi connectivity index (χ3v) is 8.04. The number of rotatable bonds is 4. The van der Waals surface area contributed by atoms with Crippen molar-refractivity contribution in [3.8, 4) is 33.4 Å². The Bertz CT molecular complexity index is 1730. The Kier molecular flexibility index (Phi) is 5.50. The van der Waals surface area contributed by atoms with Gasteiger partial charge in [-0.05, 0) is 73.8 Å². The summed E-state index contributed by atoms with van der Waals surface area (Å²) in [6.45, 7) is 0. The van der Waals surface area contributed by atoms with Crippen LogP contribution in [-0.4, -0.2) is 0 Å². The molecule has 0 fully saturated rings. The highest BCUT2D eigenvalue weighted by atomic mass is 35.5. The first-order valence-corrected chi connectivity index (χ1v) is 13.4. The molecule has 0 spiro atoms. The van der Waals surface area contributed by atoms with E-state index in [0.29, 0.717) is 0 Å². The molecule has 0 heterocycles. The molecule has 0 bridgehead atoms. The second kappa shape index (κ2) is 9.17. The van der Waals surface area contributed by atoms with E-state index >= 15 is 0 Å². The van der Waals surface area contributed by atoms with Gasteiger partial charge >= 0.3 is 0 Å². The van der Waals surface area contributed by atoms with Crippen LogP contribution < -0.4 is 0 Å². The van der Waals surface area contributed by atoms with Crippen molar-refractivity contribution in [1.29, 1.82) is 0 Å². The molecular formula is C37H25Cl. The maximum absolute atomic E-state index is 6.35. The van der Waals surface area contributed by atoms with E-state index in [0.717, 1.165) is 16.1 Å². The van der Waals surface area contributed by atoms with Crippen LogP contribution >= 0.6 is 11.6 Å². The smallest absolute Gasteiger partial charge is 0.0719 e. The van der Waals surface area contributed by atoms with Gasteiger partial charge in [0.25, 0.3) is 0 Å². The zero-order chi connectivity index (χ0) is 25.5. The van der Waals surface area contributed by atoms with Gasteiger partial charge in [0.1, 0.15) is 0 Å². The van der Waals surface area contributed by atoms with Crippen LogP contribution in [0.2, 0.25) is 5.02 Å². The summed E-state index contributed by atoms with van der Waals surface area (Å²) >= 11 is 6.35. The van der Waals surface area contributed by atoms with Gasteiger partial charge in [0.2, 0.25) is 0 Å². The lowest BCUT2D eigenvalue weighted by molar-refractivity contribution is 0.770. The average molecular weight is 505 g/mol. The van der Waals surface area contributed by atoms with Gasteiger partial charge in [-0.15, -0.1) is 0 Å². The lowest BCUT2D eigenvalue weighted by Crippen LogP contribution is -2.29. The first-order valence-electron chi connectivity index (χ1n) is 13.0. The number of hydrogen-bond donors (Lipinski definition) is 0. The van der Waals surface area contributed by atoms with E-state index < -0.39 is 5.41 Å². The summed E-state index contributed by atoms with van der Waals surface area (Å²) < 4.78 is 0. The molecule has 0 nitrogen and oxygen atoms in total. The van der Waals surface area contributed by atoms with Crippen LogP contribution in [-0.2, 0) is 5.41 Å². The Morgan fingerprint density at radius 3 is 1.63 bits per heavy atom. The largest absolute Gasteiger partial charge is 0.0843 e. The van der Waals surface area contributed by atoms with Crippen molar-refractivity contribution < 1.29 is 0 Å². The summed E-state index contributed by atoms with van der Waals surface area (Å²) in [5.74, 6) is 0. The highest BCUT2D eigenvalue weighted by Gasteiger charge is 2.47. The molecule has 1 aliphatic carbocycles. The minimum absolute atomic E-state index is 0.433. The molecule has 0 N–H and O–H groups in total. The first kappa shape index (κ1) is 22.8. The second-order valence-corrected chi connectivity index (χ2v) is 10.3. The summed E-state index contributed by atoms with van der Waals surface area (Å²) in [5, 5.41) is 0.746. The lowest BCUT2D eigenvalue weighted by Gasteiger charge is -2.35. The Labute approximate surface area is 228 Å². The van der Waals surface area contributed by atoms with Crippen molar-refractivity contribution in [2.45, 2.75) is 5.41 Å². The van der Waals surface area contributed by atoms with Gasteiger partial charge in [-0.2, -0.15) is 0 Å². The third-order valence-electron chi connectivity index (χ3n) is 7.81. The first-order chi connectivity index (χ1) is 18.8. The molecule has 180 valence electrons. The lowest BCUT2D eigenvalue weighted by atomic mass is 9.66. The predicted molar refractivity (Wildman–Crippen MR) is 160 cm³/mol. The summed E-state index contributed by atoms with van der Waals surface area (Å²) in [4.78, 5) is 0. The number of benzene rings is 6. The summed E-state index contributed by atoms with van der Waals surface area (Å²) in [5.41, 5.74) is 12.1. The van der Waals surface area contributed by atoms with Gasteiger partial charge in [0.15, 0.2) is 0 Å². The van der Waals surface area contributed by atoms with Crippen LogP contribution in [0.5, 0.6) is 0 Å². The molecular weight excluding hydrogens is 480 g/mol. The maximum atomic E-state index is 6.35. The average Bonchev–Trinajstić information content (AvgIpc) is 3.30. The predicted octanol–water partition coefficient (Wildman–Crippen LogP) is 10.0. The quantitative estimate of drug-likeness (QED) is 0.223. The van der Waals surface area contributed by atoms with Gasteiger partial charge in [-0.1, -0.05) is 145 Å². The van der Waals surface area contributed by atoms with E-state index in [9.17, 15) is 0 Å². The zero-order valence-corrected chi connectivity index (χ0v) is 21.6. The molecule has 38 heavy (non-hydrogen) atoms. The highest BCUT2D eigenvalue weighted by Crippen LogP contribution is 2.58. The highest BCUT2D eigenvalue weighted by molar-refractivity contribution is 6.30. The maximum Gasteiger partial charge on any atom is 0.0719 e. The van der Waals surface area contributed by atoms with Crippen LogP contribution in [0.4, 0.5) is 0 Å². The topological polar surface area (TPSA) is 0 Å². The molecule has 6 aromatic rings. The molecule has 0 aromatic heterocycles. The van der Waals surface area contributed by atoms with E-state index in [-0.39, 0.29) is 0 Å². The normalized spacial score (nSPS) is 13.1. The van der Waals surface area contributed by atoms with E-state index in [4.69, 9.17) is 11.6 Å². The molecule has 0 radical (unpaired) electrons. The molecule has 6 aromatic carbocycles. The van der Waals surface area contributed by atoms with Crippen molar-refractivity contribution in [3.05, 3.63) is 179 Å². The van der Waals surface area contributed by atoms with Crippen LogP contribution in [0.15, 0.2) is 152 Å². The fourth-order valence-electron chi connectivity index (χ4n) is 6.28.